The summed E-state index contributed by atoms with van der Waals surface area (Å²) >= 11 is 0. The summed E-state index contributed by atoms with van der Waals surface area (Å²) in [5.74, 6) is 0.490. The molecule has 3 aliphatic heterocycles. The number of benzene rings is 1. The molecule has 0 saturated carbocycles. The van der Waals surface area contributed by atoms with Crippen molar-refractivity contribution in [2.75, 3.05) is 52.1 Å². The van der Waals surface area contributed by atoms with E-state index in [4.69, 9.17) is 4.74 Å². The first-order valence-electron chi connectivity index (χ1n) is 14.5. The van der Waals surface area contributed by atoms with Crippen LogP contribution in [0.2, 0.25) is 0 Å². The summed E-state index contributed by atoms with van der Waals surface area (Å²) in [6, 6.07) is 5.56. The highest BCUT2D eigenvalue weighted by molar-refractivity contribution is 7.88. The number of hydrogen-bond acceptors (Lipinski definition) is 6. The summed E-state index contributed by atoms with van der Waals surface area (Å²) in [4.78, 5) is 41.7. The first-order chi connectivity index (χ1) is 18.9. The van der Waals surface area contributed by atoms with Crippen molar-refractivity contribution < 1.29 is 27.5 Å². The van der Waals surface area contributed by atoms with Crippen molar-refractivity contribution in [2.24, 2.45) is 10.8 Å². The molecule has 0 bridgehead atoms. The summed E-state index contributed by atoms with van der Waals surface area (Å²) in [6.45, 7) is 6.98. The molecule has 0 aromatic heterocycles. The van der Waals surface area contributed by atoms with E-state index in [0.717, 1.165) is 18.4 Å². The second kappa shape index (κ2) is 12.5. The largest absolute Gasteiger partial charge is 0.493 e. The van der Waals surface area contributed by atoms with Crippen molar-refractivity contribution in [2.45, 2.75) is 65.2 Å². The predicted octanol–water partition coefficient (Wildman–Crippen LogP) is 2.46. The molecule has 2 fully saturated rings. The van der Waals surface area contributed by atoms with Gasteiger partial charge < -0.3 is 20.3 Å². The molecule has 0 aliphatic carbocycles. The van der Waals surface area contributed by atoms with Crippen molar-refractivity contribution in [3.63, 3.8) is 0 Å². The zero-order valence-corrected chi connectivity index (χ0v) is 24.9. The van der Waals surface area contributed by atoms with Gasteiger partial charge in [-0.05, 0) is 69.6 Å². The third-order valence-corrected chi connectivity index (χ3v) is 10.2. The number of amides is 3. The minimum absolute atomic E-state index is 0.0300. The molecule has 0 unspecified atom stereocenters. The first-order valence-corrected chi connectivity index (χ1v) is 16.3. The smallest absolute Gasteiger partial charge is 0.255 e. The quantitative estimate of drug-likeness (QED) is 0.557. The van der Waals surface area contributed by atoms with E-state index in [0.29, 0.717) is 95.7 Å². The Bertz CT molecular complexity index is 1200. The zero-order valence-electron chi connectivity index (χ0n) is 24.1. The van der Waals surface area contributed by atoms with E-state index < -0.39 is 20.9 Å². The Morgan fingerprint density at radius 1 is 0.925 bits per heavy atom. The maximum atomic E-state index is 13.5. The van der Waals surface area contributed by atoms with Crippen LogP contribution in [0.5, 0.6) is 5.75 Å². The Morgan fingerprint density at radius 2 is 1.60 bits per heavy atom. The van der Waals surface area contributed by atoms with Gasteiger partial charge in [0.2, 0.25) is 21.8 Å². The Morgan fingerprint density at radius 3 is 2.27 bits per heavy atom. The molecule has 11 heteroatoms. The molecule has 2 saturated heterocycles. The van der Waals surface area contributed by atoms with Crippen LogP contribution in [0.4, 0.5) is 0 Å². The van der Waals surface area contributed by atoms with Crippen molar-refractivity contribution in [3.05, 3.63) is 29.3 Å². The van der Waals surface area contributed by atoms with Gasteiger partial charge in [0.1, 0.15) is 5.75 Å². The Kier molecular flexibility index (Phi) is 9.44. The van der Waals surface area contributed by atoms with Gasteiger partial charge >= 0.3 is 0 Å². The van der Waals surface area contributed by atoms with Gasteiger partial charge in [-0.25, -0.2) is 12.7 Å². The van der Waals surface area contributed by atoms with E-state index in [-0.39, 0.29) is 17.7 Å². The first kappa shape index (κ1) is 30.3. The fourth-order valence-corrected chi connectivity index (χ4v) is 6.95. The van der Waals surface area contributed by atoms with E-state index in [2.05, 4.69) is 10.6 Å². The molecule has 3 amide bonds. The summed E-state index contributed by atoms with van der Waals surface area (Å²) in [6.07, 6.45) is 6.23. The Labute approximate surface area is 238 Å². The molecule has 2 N–H and O–H groups in total. The van der Waals surface area contributed by atoms with Crippen molar-refractivity contribution >= 4 is 27.7 Å². The van der Waals surface area contributed by atoms with Crippen LogP contribution in [0.3, 0.4) is 0 Å². The van der Waals surface area contributed by atoms with E-state index in [1.807, 2.05) is 30.9 Å². The molecule has 3 aliphatic rings. The third kappa shape index (κ3) is 6.97. The molecular formula is C29H44N4O6S. The van der Waals surface area contributed by atoms with Gasteiger partial charge in [-0.15, -0.1) is 0 Å². The van der Waals surface area contributed by atoms with E-state index >= 15 is 0 Å². The number of piperidine rings is 2. The predicted molar refractivity (Wildman–Crippen MR) is 152 cm³/mol. The third-order valence-electron chi connectivity index (χ3n) is 8.91. The zero-order chi connectivity index (χ0) is 29.0. The van der Waals surface area contributed by atoms with Crippen LogP contribution in [-0.2, 0) is 19.6 Å². The molecule has 222 valence electrons. The number of nitrogens with one attached hydrogen (secondary N) is 2. The number of fused-ring (bicyclic) bond motifs is 1. The Hall–Kier alpha value is -2.66. The number of ether oxygens (including phenoxy) is 1. The number of likely N-dealkylation sites (tertiary alicyclic amines) is 1. The van der Waals surface area contributed by atoms with Gasteiger partial charge in [-0.2, -0.15) is 0 Å². The molecule has 40 heavy (non-hydrogen) atoms. The van der Waals surface area contributed by atoms with Crippen LogP contribution < -0.4 is 15.4 Å². The number of aryl methyl sites for hydroxylation is 1. The maximum absolute atomic E-state index is 13.5. The van der Waals surface area contributed by atoms with Crippen molar-refractivity contribution in [3.8, 4) is 5.75 Å². The van der Waals surface area contributed by atoms with Crippen LogP contribution in [-0.4, -0.2) is 87.5 Å². The monoisotopic (exact) mass is 576 g/mol. The normalized spacial score (nSPS) is 23.1. The molecule has 1 aromatic rings. The molecule has 0 atom stereocenters. The SMILES string of the molecule is Cc1ccc2c(c1)OCCCNC(=O)C1(CCCCNC2=O)CCN(C(=O)C2(C)CCN(S(C)(=O)=O)CC2)CC1. The number of nitrogens with zero attached hydrogens (tertiary/aromatic N) is 2. The van der Waals surface area contributed by atoms with Crippen LogP contribution in [0.1, 0.15) is 74.2 Å². The lowest BCUT2D eigenvalue weighted by Gasteiger charge is -2.45. The number of rotatable bonds is 2. The van der Waals surface area contributed by atoms with E-state index in [1.54, 1.807) is 6.07 Å². The Balaban J connectivity index is 1.37. The maximum Gasteiger partial charge on any atom is 0.255 e. The minimum Gasteiger partial charge on any atom is -0.493 e. The van der Waals surface area contributed by atoms with E-state index in [1.165, 1.54) is 10.6 Å². The molecule has 1 spiro atoms. The lowest BCUT2D eigenvalue weighted by molar-refractivity contribution is -0.149. The standard InChI is InChI=1S/C29H44N4O6S/c1-22-7-8-23-24(21-22)39-20-6-15-31-26(35)29(9-4-5-14-30-25(23)34)12-16-32(17-13-29)27(36)28(2)10-18-33(19-11-28)40(3,37)38/h7-8,21H,4-6,9-20H2,1-3H3,(H,30,34)(H,31,35). The van der Waals surface area contributed by atoms with Gasteiger partial charge in [0, 0.05) is 44.7 Å². The summed E-state index contributed by atoms with van der Waals surface area (Å²) in [5, 5.41) is 6.12. The van der Waals surface area contributed by atoms with Gasteiger partial charge in [-0.1, -0.05) is 19.4 Å². The number of hydrogen-bond donors (Lipinski definition) is 2. The topological polar surface area (TPSA) is 125 Å². The molecular weight excluding hydrogens is 532 g/mol. The van der Waals surface area contributed by atoms with E-state index in [9.17, 15) is 22.8 Å². The molecule has 0 radical (unpaired) electrons. The number of carbonyl (C=O) groups excluding carboxylic acids is 3. The van der Waals surface area contributed by atoms with Crippen molar-refractivity contribution in [1.29, 1.82) is 0 Å². The van der Waals surface area contributed by atoms with Crippen LogP contribution in [0, 0.1) is 17.8 Å². The van der Waals surface area contributed by atoms with Gasteiger partial charge in [0.05, 0.1) is 23.8 Å². The lowest BCUT2D eigenvalue weighted by Crippen LogP contribution is -2.55. The lowest BCUT2D eigenvalue weighted by atomic mass is 9.72. The number of sulfonamides is 1. The highest BCUT2D eigenvalue weighted by Crippen LogP contribution is 2.40. The van der Waals surface area contributed by atoms with Gasteiger partial charge in [0.25, 0.3) is 5.91 Å². The highest BCUT2D eigenvalue weighted by atomic mass is 32.2. The second-order valence-electron chi connectivity index (χ2n) is 12.0. The minimum atomic E-state index is -3.26. The summed E-state index contributed by atoms with van der Waals surface area (Å²) in [5.41, 5.74) is 0.388. The second-order valence-corrected chi connectivity index (χ2v) is 13.9. The summed E-state index contributed by atoms with van der Waals surface area (Å²) in [7, 11) is -3.26. The number of carbonyl (C=O) groups is 3. The highest BCUT2D eigenvalue weighted by Gasteiger charge is 2.46. The fraction of sp³-hybridized carbons (Fsp3) is 0.690. The summed E-state index contributed by atoms with van der Waals surface area (Å²) < 4.78 is 31.2. The molecule has 10 nitrogen and oxygen atoms in total. The molecule has 1 aromatic carbocycles. The molecule has 4 rings (SSSR count). The molecule has 3 heterocycles. The van der Waals surface area contributed by atoms with Gasteiger partial charge in [0.15, 0.2) is 0 Å². The van der Waals surface area contributed by atoms with Crippen LogP contribution >= 0.6 is 0 Å². The van der Waals surface area contributed by atoms with Crippen molar-refractivity contribution in [1.82, 2.24) is 19.8 Å². The average molecular weight is 577 g/mol. The van der Waals surface area contributed by atoms with Crippen LogP contribution in [0.15, 0.2) is 18.2 Å². The fourth-order valence-electron chi connectivity index (χ4n) is 6.10. The van der Waals surface area contributed by atoms with Crippen LogP contribution in [0.25, 0.3) is 0 Å². The average Bonchev–Trinajstić information content (AvgIpc) is 2.92. The van der Waals surface area contributed by atoms with Gasteiger partial charge in [-0.3, -0.25) is 14.4 Å².